The number of amides is 1. The van der Waals surface area contributed by atoms with Crippen LogP contribution in [0.25, 0.3) is 0 Å². The lowest BCUT2D eigenvalue weighted by atomic mass is 10.0. The number of nitrogens with zero attached hydrogens (tertiary/aromatic N) is 2. The number of ether oxygens (including phenoxy) is 2. The lowest BCUT2D eigenvalue weighted by Gasteiger charge is -2.19. The van der Waals surface area contributed by atoms with Gasteiger partial charge in [0.2, 0.25) is 0 Å². The van der Waals surface area contributed by atoms with Crippen molar-refractivity contribution in [2.24, 2.45) is 0 Å². The second-order valence-electron chi connectivity index (χ2n) is 7.56. The van der Waals surface area contributed by atoms with Gasteiger partial charge in [-0.3, -0.25) is 14.3 Å². The number of carbonyl (C=O) groups excluding carboxylic acids is 2. The van der Waals surface area contributed by atoms with Gasteiger partial charge in [-0.1, -0.05) is 41.9 Å². The van der Waals surface area contributed by atoms with Crippen LogP contribution in [0.2, 0.25) is 5.02 Å². The summed E-state index contributed by atoms with van der Waals surface area (Å²) in [5.74, 6) is -0.0476. The Morgan fingerprint density at radius 1 is 1.12 bits per heavy atom. The predicted octanol–water partition coefficient (Wildman–Crippen LogP) is 4.41. The highest BCUT2D eigenvalue weighted by Gasteiger charge is 2.22. The molecule has 0 aliphatic heterocycles. The molecule has 1 unspecified atom stereocenters. The van der Waals surface area contributed by atoms with Gasteiger partial charge in [0.05, 0.1) is 44.0 Å². The van der Waals surface area contributed by atoms with E-state index in [-0.39, 0.29) is 18.4 Å². The highest BCUT2D eigenvalue weighted by atomic mass is 35.5. The number of nitrogens with one attached hydrogen (secondary N) is 1. The van der Waals surface area contributed by atoms with E-state index in [9.17, 15) is 9.59 Å². The van der Waals surface area contributed by atoms with Crippen molar-refractivity contribution in [1.82, 2.24) is 15.1 Å². The molecule has 0 saturated heterocycles. The van der Waals surface area contributed by atoms with Crippen molar-refractivity contribution in [3.05, 3.63) is 82.6 Å². The third-order valence-electron chi connectivity index (χ3n) is 4.75. The molecule has 168 valence electrons. The molecule has 32 heavy (non-hydrogen) atoms. The summed E-state index contributed by atoms with van der Waals surface area (Å²) in [5.41, 5.74) is 2.05. The van der Waals surface area contributed by atoms with E-state index in [1.807, 2.05) is 36.4 Å². The number of halogens is 1. The van der Waals surface area contributed by atoms with Crippen molar-refractivity contribution < 1.29 is 19.1 Å². The van der Waals surface area contributed by atoms with Crippen LogP contribution in [0.3, 0.4) is 0 Å². The first kappa shape index (κ1) is 23.3. The Kier molecular flexibility index (Phi) is 7.89. The molecule has 1 aromatic heterocycles. The Bertz CT molecular complexity index is 1060. The van der Waals surface area contributed by atoms with E-state index in [0.29, 0.717) is 22.9 Å². The molecule has 1 N–H and O–H groups in total. The third kappa shape index (κ3) is 6.34. The zero-order valence-electron chi connectivity index (χ0n) is 18.2. The number of rotatable bonds is 9. The molecule has 3 aromatic rings. The second kappa shape index (κ2) is 10.8. The molecule has 0 radical (unpaired) electrons. The maximum absolute atomic E-state index is 12.9. The SMILES string of the molecule is COc1ccc(C(CC(=O)OC(C)C)NC(=O)c2cnn(Cc3ccccc3Cl)c2)cc1. The van der Waals surface area contributed by atoms with Gasteiger partial charge < -0.3 is 14.8 Å². The minimum atomic E-state index is -0.563. The molecule has 0 saturated carbocycles. The summed E-state index contributed by atoms with van der Waals surface area (Å²) in [5, 5.41) is 7.82. The van der Waals surface area contributed by atoms with E-state index in [1.54, 1.807) is 44.0 Å². The van der Waals surface area contributed by atoms with Gasteiger partial charge in [0, 0.05) is 11.2 Å². The number of esters is 1. The van der Waals surface area contributed by atoms with Crippen molar-refractivity contribution >= 4 is 23.5 Å². The fraction of sp³-hybridized carbons (Fsp3) is 0.292. The van der Waals surface area contributed by atoms with Crippen LogP contribution in [0.1, 0.15) is 47.8 Å². The normalized spacial score (nSPS) is 11.8. The zero-order valence-corrected chi connectivity index (χ0v) is 19.0. The van der Waals surface area contributed by atoms with Crippen molar-refractivity contribution in [2.45, 2.75) is 39.0 Å². The van der Waals surface area contributed by atoms with Gasteiger partial charge in [-0.2, -0.15) is 5.10 Å². The Balaban J connectivity index is 1.74. The van der Waals surface area contributed by atoms with E-state index in [2.05, 4.69) is 10.4 Å². The van der Waals surface area contributed by atoms with Crippen molar-refractivity contribution in [1.29, 1.82) is 0 Å². The topological polar surface area (TPSA) is 82.4 Å². The van der Waals surface area contributed by atoms with Crippen molar-refractivity contribution in [2.75, 3.05) is 7.11 Å². The van der Waals surface area contributed by atoms with Crippen LogP contribution >= 0.6 is 11.6 Å². The Hall–Kier alpha value is -3.32. The minimum Gasteiger partial charge on any atom is -0.497 e. The monoisotopic (exact) mass is 455 g/mol. The average Bonchev–Trinajstić information content (AvgIpc) is 3.23. The molecule has 0 aliphatic rings. The van der Waals surface area contributed by atoms with Crippen LogP contribution in [-0.2, 0) is 16.1 Å². The third-order valence-corrected chi connectivity index (χ3v) is 5.12. The van der Waals surface area contributed by atoms with Gasteiger partial charge in [-0.05, 0) is 43.2 Å². The van der Waals surface area contributed by atoms with Crippen LogP contribution in [0.4, 0.5) is 0 Å². The number of carbonyl (C=O) groups is 2. The van der Waals surface area contributed by atoms with Gasteiger partial charge in [0.15, 0.2) is 0 Å². The molecular formula is C24H26ClN3O4. The summed E-state index contributed by atoms with van der Waals surface area (Å²) in [6, 6.07) is 14.1. The molecule has 1 atom stereocenters. The molecule has 0 aliphatic carbocycles. The van der Waals surface area contributed by atoms with Crippen LogP contribution in [0, 0.1) is 0 Å². The van der Waals surface area contributed by atoms with Gasteiger partial charge in [-0.25, -0.2) is 0 Å². The summed E-state index contributed by atoms with van der Waals surface area (Å²) in [7, 11) is 1.58. The van der Waals surface area contributed by atoms with Crippen molar-refractivity contribution in [3.8, 4) is 5.75 Å². The summed E-state index contributed by atoms with van der Waals surface area (Å²) in [6.45, 7) is 4.01. The first-order chi connectivity index (χ1) is 15.4. The first-order valence-electron chi connectivity index (χ1n) is 10.3. The van der Waals surface area contributed by atoms with E-state index in [4.69, 9.17) is 21.1 Å². The molecule has 0 spiro atoms. The van der Waals surface area contributed by atoms with Crippen LogP contribution in [0.5, 0.6) is 5.75 Å². The zero-order chi connectivity index (χ0) is 23.1. The Morgan fingerprint density at radius 2 is 1.84 bits per heavy atom. The molecule has 2 aromatic carbocycles. The Morgan fingerprint density at radius 3 is 2.50 bits per heavy atom. The average molecular weight is 456 g/mol. The number of hydrogen-bond donors (Lipinski definition) is 1. The molecule has 1 amide bonds. The highest BCUT2D eigenvalue weighted by Crippen LogP contribution is 2.22. The second-order valence-corrected chi connectivity index (χ2v) is 7.97. The molecule has 8 heteroatoms. The predicted molar refractivity (Wildman–Crippen MR) is 122 cm³/mol. The van der Waals surface area contributed by atoms with E-state index >= 15 is 0 Å². The van der Waals surface area contributed by atoms with Gasteiger partial charge >= 0.3 is 5.97 Å². The van der Waals surface area contributed by atoms with E-state index < -0.39 is 12.0 Å². The molecule has 0 bridgehead atoms. The van der Waals surface area contributed by atoms with Gasteiger partial charge in [0.1, 0.15) is 5.75 Å². The molecular weight excluding hydrogens is 430 g/mol. The first-order valence-corrected chi connectivity index (χ1v) is 10.6. The number of benzene rings is 2. The molecule has 7 nitrogen and oxygen atoms in total. The fourth-order valence-electron chi connectivity index (χ4n) is 3.18. The van der Waals surface area contributed by atoms with Crippen LogP contribution in [-0.4, -0.2) is 34.9 Å². The van der Waals surface area contributed by atoms with Crippen LogP contribution < -0.4 is 10.1 Å². The summed E-state index contributed by atoms with van der Waals surface area (Å²) < 4.78 is 12.1. The summed E-state index contributed by atoms with van der Waals surface area (Å²) in [4.78, 5) is 25.2. The lowest BCUT2D eigenvalue weighted by Crippen LogP contribution is -2.31. The quantitative estimate of drug-likeness (QED) is 0.483. The summed E-state index contributed by atoms with van der Waals surface area (Å²) >= 11 is 6.21. The maximum atomic E-state index is 12.9. The van der Waals surface area contributed by atoms with E-state index in [0.717, 1.165) is 11.1 Å². The Labute approximate surface area is 192 Å². The van der Waals surface area contributed by atoms with Gasteiger partial charge in [-0.15, -0.1) is 0 Å². The lowest BCUT2D eigenvalue weighted by molar-refractivity contribution is -0.147. The largest absolute Gasteiger partial charge is 0.497 e. The molecule has 0 fully saturated rings. The number of aromatic nitrogens is 2. The van der Waals surface area contributed by atoms with Crippen LogP contribution in [0.15, 0.2) is 60.9 Å². The number of methoxy groups -OCH3 is 1. The fourth-order valence-corrected chi connectivity index (χ4v) is 3.37. The maximum Gasteiger partial charge on any atom is 0.308 e. The highest BCUT2D eigenvalue weighted by molar-refractivity contribution is 6.31. The summed E-state index contributed by atoms with van der Waals surface area (Å²) in [6.07, 6.45) is 2.90. The smallest absolute Gasteiger partial charge is 0.308 e. The molecule has 3 rings (SSSR count). The minimum absolute atomic E-state index is 0.00398. The molecule has 1 heterocycles. The standard InChI is InChI=1S/C24H26ClN3O4/c1-16(2)32-23(29)12-22(17-8-10-20(31-3)11-9-17)27-24(30)19-13-26-28(15-19)14-18-6-4-5-7-21(18)25/h4-11,13,15-16,22H,12,14H2,1-3H3,(H,27,30). The van der Waals surface area contributed by atoms with E-state index in [1.165, 1.54) is 6.20 Å². The van der Waals surface area contributed by atoms with Gasteiger partial charge in [0.25, 0.3) is 5.91 Å². The van der Waals surface area contributed by atoms with Crippen molar-refractivity contribution in [3.63, 3.8) is 0 Å². The number of hydrogen-bond acceptors (Lipinski definition) is 5.